The minimum atomic E-state index is -0.200. The molecule has 0 radical (unpaired) electrons. The van der Waals surface area contributed by atoms with Crippen molar-refractivity contribution in [3.8, 4) is 17.0 Å². The van der Waals surface area contributed by atoms with Gasteiger partial charge in [-0.05, 0) is 29.8 Å². The summed E-state index contributed by atoms with van der Waals surface area (Å²) in [5.41, 5.74) is 3.33. The zero-order chi connectivity index (χ0) is 21.6. The number of rotatable bonds is 8. The van der Waals surface area contributed by atoms with E-state index >= 15 is 0 Å². The summed E-state index contributed by atoms with van der Waals surface area (Å²) in [5, 5.41) is 4.97. The van der Waals surface area contributed by atoms with Crippen LogP contribution in [0.4, 0.5) is 0 Å². The van der Waals surface area contributed by atoms with Crippen molar-refractivity contribution >= 4 is 51.8 Å². The Morgan fingerprint density at radius 2 is 1.77 bits per heavy atom. The van der Waals surface area contributed by atoms with Crippen LogP contribution in [0, 0.1) is 0 Å². The van der Waals surface area contributed by atoms with Crippen LogP contribution in [0.2, 0.25) is 10.0 Å². The first-order chi connectivity index (χ1) is 15.1. The molecule has 4 nitrogen and oxygen atoms in total. The van der Waals surface area contributed by atoms with E-state index in [0.29, 0.717) is 22.3 Å². The van der Waals surface area contributed by atoms with Crippen LogP contribution >= 0.6 is 35.0 Å². The average molecular weight is 471 g/mol. The molecule has 2 N–H and O–H groups in total. The highest BCUT2D eigenvalue weighted by atomic mass is 35.5. The highest BCUT2D eigenvalue weighted by Crippen LogP contribution is 2.37. The van der Waals surface area contributed by atoms with Crippen LogP contribution in [0.1, 0.15) is 0 Å². The van der Waals surface area contributed by atoms with Gasteiger partial charge >= 0.3 is 0 Å². The number of H-pyrrole nitrogens is 1. The molecule has 4 rings (SSSR count). The molecule has 7 heteroatoms. The largest absolute Gasteiger partial charge is 0.482 e. The number of benzene rings is 3. The number of para-hydroxylation sites is 1. The molecule has 1 aromatic heterocycles. The maximum absolute atomic E-state index is 12.1. The molecule has 0 aliphatic heterocycles. The number of hydrogen-bond donors (Lipinski definition) is 2. The van der Waals surface area contributed by atoms with E-state index in [4.69, 9.17) is 27.9 Å². The van der Waals surface area contributed by atoms with Gasteiger partial charge in [-0.3, -0.25) is 4.79 Å². The van der Waals surface area contributed by atoms with E-state index in [1.165, 1.54) is 10.3 Å². The smallest absolute Gasteiger partial charge is 0.257 e. The van der Waals surface area contributed by atoms with Gasteiger partial charge in [0, 0.05) is 33.1 Å². The molecule has 0 saturated heterocycles. The third kappa shape index (κ3) is 5.37. The first-order valence-electron chi connectivity index (χ1n) is 9.75. The second-order valence-corrected chi connectivity index (χ2v) is 8.75. The Balaban J connectivity index is 1.35. The lowest BCUT2D eigenvalue weighted by molar-refractivity contribution is -0.122. The SMILES string of the molecule is O=C(COc1ccc(Cl)cc1Cl)NCCSc1c(-c2ccccc2)[nH]c2ccccc12. The van der Waals surface area contributed by atoms with Crippen LogP contribution in [-0.2, 0) is 4.79 Å². The van der Waals surface area contributed by atoms with Gasteiger partial charge in [0.2, 0.25) is 0 Å². The maximum atomic E-state index is 12.1. The molecule has 3 aromatic carbocycles. The quantitative estimate of drug-likeness (QED) is 0.230. The predicted molar refractivity (Wildman–Crippen MR) is 129 cm³/mol. The van der Waals surface area contributed by atoms with Crippen LogP contribution in [0.25, 0.3) is 22.2 Å². The monoisotopic (exact) mass is 470 g/mol. The van der Waals surface area contributed by atoms with Gasteiger partial charge in [0.25, 0.3) is 5.91 Å². The van der Waals surface area contributed by atoms with Gasteiger partial charge < -0.3 is 15.0 Å². The first-order valence-corrected chi connectivity index (χ1v) is 11.5. The number of amides is 1. The fourth-order valence-corrected chi connectivity index (χ4v) is 4.72. The summed E-state index contributed by atoms with van der Waals surface area (Å²) in [6.45, 7) is 0.420. The Kier molecular flexibility index (Phi) is 7.07. The molecule has 0 saturated carbocycles. The number of thioether (sulfide) groups is 1. The molecule has 0 spiro atoms. The van der Waals surface area contributed by atoms with Crippen LogP contribution in [-0.4, -0.2) is 29.8 Å². The van der Waals surface area contributed by atoms with Crippen molar-refractivity contribution in [3.05, 3.63) is 82.8 Å². The molecular formula is C24H20Cl2N2O2S. The number of carbonyl (C=O) groups excluding carboxylic acids is 1. The van der Waals surface area contributed by atoms with Crippen molar-refractivity contribution in [1.29, 1.82) is 0 Å². The lowest BCUT2D eigenvalue weighted by atomic mass is 10.1. The van der Waals surface area contributed by atoms with E-state index in [2.05, 4.69) is 34.6 Å². The van der Waals surface area contributed by atoms with Crippen molar-refractivity contribution < 1.29 is 9.53 Å². The number of halogens is 2. The normalized spacial score (nSPS) is 10.9. The van der Waals surface area contributed by atoms with E-state index in [0.717, 1.165) is 22.5 Å². The van der Waals surface area contributed by atoms with Crippen molar-refractivity contribution in [2.24, 2.45) is 0 Å². The molecule has 0 atom stereocenters. The molecule has 4 aromatic rings. The third-order valence-corrected chi connectivity index (χ3v) is 6.30. The van der Waals surface area contributed by atoms with Gasteiger partial charge in [0.05, 0.1) is 10.7 Å². The molecule has 1 amide bonds. The highest BCUT2D eigenvalue weighted by molar-refractivity contribution is 7.99. The number of fused-ring (bicyclic) bond motifs is 1. The number of nitrogens with one attached hydrogen (secondary N) is 2. The molecular weight excluding hydrogens is 451 g/mol. The van der Waals surface area contributed by atoms with E-state index in [9.17, 15) is 4.79 Å². The van der Waals surface area contributed by atoms with E-state index < -0.39 is 0 Å². The first kappa shape index (κ1) is 21.6. The number of aromatic amines is 1. The molecule has 0 unspecified atom stereocenters. The lowest BCUT2D eigenvalue weighted by Crippen LogP contribution is -2.30. The lowest BCUT2D eigenvalue weighted by Gasteiger charge is -2.09. The Morgan fingerprint density at radius 1 is 1.00 bits per heavy atom. The number of aromatic nitrogens is 1. The fraction of sp³-hybridized carbons (Fsp3) is 0.125. The van der Waals surface area contributed by atoms with Crippen molar-refractivity contribution in [3.63, 3.8) is 0 Å². The van der Waals surface area contributed by atoms with Crippen molar-refractivity contribution in [2.75, 3.05) is 18.9 Å². The fourth-order valence-electron chi connectivity index (χ4n) is 3.20. The maximum Gasteiger partial charge on any atom is 0.257 e. The van der Waals surface area contributed by atoms with Gasteiger partial charge in [0.1, 0.15) is 5.75 Å². The summed E-state index contributed by atoms with van der Waals surface area (Å²) < 4.78 is 5.48. The average Bonchev–Trinajstić information content (AvgIpc) is 3.15. The molecule has 0 fully saturated rings. The number of hydrogen-bond acceptors (Lipinski definition) is 3. The topological polar surface area (TPSA) is 54.1 Å². The van der Waals surface area contributed by atoms with Gasteiger partial charge in [-0.1, -0.05) is 71.7 Å². The second kappa shape index (κ2) is 10.1. The molecule has 0 aliphatic carbocycles. The molecule has 1 heterocycles. The Hall–Kier alpha value is -2.60. The standard InChI is InChI=1S/C24H20Cl2N2O2S/c25-17-10-11-21(19(26)14-17)30-15-22(29)27-12-13-31-24-18-8-4-5-9-20(18)28-23(24)16-6-2-1-3-7-16/h1-11,14,28H,12-13,15H2,(H,27,29). The van der Waals surface area contributed by atoms with Gasteiger partial charge in [0.15, 0.2) is 6.61 Å². The molecule has 0 bridgehead atoms. The van der Waals surface area contributed by atoms with Crippen molar-refractivity contribution in [2.45, 2.75) is 4.90 Å². The van der Waals surface area contributed by atoms with Gasteiger partial charge in [-0.2, -0.15) is 0 Å². The van der Waals surface area contributed by atoms with Crippen LogP contribution in [0.5, 0.6) is 5.75 Å². The van der Waals surface area contributed by atoms with E-state index in [-0.39, 0.29) is 12.5 Å². The Labute approximate surface area is 194 Å². The van der Waals surface area contributed by atoms with Crippen LogP contribution < -0.4 is 10.1 Å². The zero-order valence-corrected chi connectivity index (χ0v) is 18.9. The second-order valence-electron chi connectivity index (χ2n) is 6.80. The summed E-state index contributed by atoms with van der Waals surface area (Å²) in [5.74, 6) is 0.963. The summed E-state index contributed by atoms with van der Waals surface area (Å²) in [6, 6.07) is 23.4. The minimum absolute atomic E-state index is 0.103. The molecule has 31 heavy (non-hydrogen) atoms. The van der Waals surface area contributed by atoms with Gasteiger partial charge in [-0.25, -0.2) is 0 Å². The minimum Gasteiger partial charge on any atom is -0.482 e. The Morgan fingerprint density at radius 3 is 2.58 bits per heavy atom. The zero-order valence-electron chi connectivity index (χ0n) is 16.5. The van der Waals surface area contributed by atoms with Crippen LogP contribution in [0.15, 0.2) is 77.7 Å². The van der Waals surface area contributed by atoms with Crippen molar-refractivity contribution in [1.82, 2.24) is 10.3 Å². The third-order valence-electron chi connectivity index (χ3n) is 4.64. The number of carbonyl (C=O) groups is 1. The summed E-state index contributed by atoms with van der Waals surface area (Å²) in [6.07, 6.45) is 0. The molecule has 158 valence electrons. The summed E-state index contributed by atoms with van der Waals surface area (Å²) >= 11 is 13.6. The summed E-state index contributed by atoms with van der Waals surface area (Å²) in [4.78, 5) is 16.8. The predicted octanol–water partition coefficient (Wildman–Crippen LogP) is 6.43. The number of ether oxygens (including phenoxy) is 1. The summed E-state index contributed by atoms with van der Waals surface area (Å²) in [7, 11) is 0. The van der Waals surface area contributed by atoms with Crippen LogP contribution in [0.3, 0.4) is 0 Å². The van der Waals surface area contributed by atoms with E-state index in [1.807, 2.05) is 30.3 Å². The van der Waals surface area contributed by atoms with E-state index in [1.54, 1.807) is 30.0 Å². The Bertz CT molecular complexity index is 1190. The molecule has 0 aliphatic rings. The highest BCUT2D eigenvalue weighted by Gasteiger charge is 2.13. The van der Waals surface area contributed by atoms with Gasteiger partial charge in [-0.15, -0.1) is 11.8 Å².